The first kappa shape index (κ1) is 14.7. The molecule has 0 unspecified atom stereocenters. The monoisotopic (exact) mass is 310 g/mol. The quantitative estimate of drug-likeness (QED) is 0.890. The molecule has 5 nitrogen and oxygen atoms in total. The number of aromatic nitrogens is 2. The van der Waals surface area contributed by atoms with Gasteiger partial charge < -0.3 is 5.32 Å². The van der Waals surface area contributed by atoms with Gasteiger partial charge in [0.05, 0.1) is 10.7 Å². The van der Waals surface area contributed by atoms with Crippen molar-refractivity contribution in [2.75, 3.05) is 10.6 Å². The highest BCUT2D eigenvalue weighted by Gasteiger charge is 2.15. The Bertz CT molecular complexity index is 602. The van der Waals surface area contributed by atoms with Crippen LogP contribution in [0.1, 0.15) is 18.9 Å². The molecule has 0 saturated carbocycles. The zero-order valence-corrected chi connectivity index (χ0v) is 12.8. The van der Waals surface area contributed by atoms with Crippen molar-refractivity contribution in [1.29, 1.82) is 0 Å². The van der Waals surface area contributed by atoms with Crippen LogP contribution in [-0.4, -0.2) is 22.1 Å². The van der Waals surface area contributed by atoms with Gasteiger partial charge in [0.25, 0.3) is 0 Å². The predicted octanol–water partition coefficient (Wildman–Crippen LogP) is 3.19. The van der Waals surface area contributed by atoms with E-state index in [1.165, 1.54) is 11.3 Å². The van der Waals surface area contributed by atoms with E-state index in [0.717, 1.165) is 17.1 Å². The summed E-state index contributed by atoms with van der Waals surface area (Å²) in [6.07, 6.45) is 0.807. The van der Waals surface area contributed by atoms with Crippen LogP contribution in [0, 0.1) is 0 Å². The Kier molecular flexibility index (Phi) is 4.92. The third-order valence-electron chi connectivity index (χ3n) is 2.64. The molecule has 0 aliphatic carbocycles. The molecule has 1 heterocycles. The molecule has 2 rings (SSSR count). The van der Waals surface area contributed by atoms with Crippen LogP contribution >= 0.6 is 22.9 Å². The summed E-state index contributed by atoms with van der Waals surface area (Å²) < 4.78 is 0. The average molecular weight is 311 g/mol. The van der Waals surface area contributed by atoms with E-state index in [0.29, 0.717) is 10.2 Å². The van der Waals surface area contributed by atoms with E-state index in [9.17, 15) is 4.79 Å². The summed E-state index contributed by atoms with van der Waals surface area (Å²) in [5.41, 5.74) is 0.725. The second-order valence-corrected chi connectivity index (χ2v) is 5.66. The highest BCUT2D eigenvalue weighted by Crippen LogP contribution is 2.21. The lowest BCUT2D eigenvalue weighted by atomic mass is 10.2. The van der Waals surface area contributed by atoms with E-state index in [1.807, 2.05) is 25.1 Å². The number of benzene rings is 1. The van der Waals surface area contributed by atoms with Gasteiger partial charge in [0.1, 0.15) is 11.0 Å². The molecule has 0 bridgehead atoms. The maximum absolute atomic E-state index is 12.0. The summed E-state index contributed by atoms with van der Waals surface area (Å²) >= 11 is 7.42. The zero-order valence-electron chi connectivity index (χ0n) is 11.2. The third-order valence-corrected chi connectivity index (χ3v) is 3.95. The minimum Gasteiger partial charge on any atom is -0.373 e. The lowest BCUT2D eigenvalue weighted by molar-refractivity contribution is -0.116. The number of para-hydroxylation sites is 1. The number of rotatable bonds is 5. The maximum Gasteiger partial charge on any atom is 0.248 e. The molecule has 0 radical (unpaired) electrons. The van der Waals surface area contributed by atoms with E-state index in [1.54, 1.807) is 13.0 Å². The summed E-state index contributed by atoms with van der Waals surface area (Å²) in [6.45, 7) is 3.76. The normalized spacial score (nSPS) is 11.9. The van der Waals surface area contributed by atoms with E-state index < -0.39 is 6.04 Å². The summed E-state index contributed by atoms with van der Waals surface area (Å²) in [5.74, 6) is -0.177. The van der Waals surface area contributed by atoms with Crippen LogP contribution in [0.4, 0.5) is 10.8 Å². The number of anilines is 2. The van der Waals surface area contributed by atoms with Crippen molar-refractivity contribution >= 4 is 39.7 Å². The molecule has 2 aromatic rings. The van der Waals surface area contributed by atoms with Crippen LogP contribution < -0.4 is 10.6 Å². The molecular weight excluding hydrogens is 296 g/mol. The van der Waals surface area contributed by atoms with Gasteiger partial charge in [0.15, 0.2) is 0 Å². The Hall–Kier alpha value is -1.66. The summed E-state index contributed by atoms with van der Waals surface area (Å²) in [7, 11) is 0. The van der Waals surface area contributed by atoms with Crippen LogP contribution in [0.2, 0.25) is 5.02 Å². The Balaban J connectivity index is 1.97. The molecule has 1 aromatic carbocycles. The standard InChI is InChI=1S/C13H15ClN4OS/c1-3-11-17-18-13(20-11)16-12(19)8(2)15-10-7-5-4-6-9(10)14/h4-8,15H,3H2,1-2H3,(H,16,18,19)/t8-/m1/s1. The fourth-order valence-corrected chi connectivity index (χ4v) is 2.41. The summed E-state index contributed by atoms with van der Waals surface area (Å²) in [4.78, 5) is 12.0. The molecule has 0 spiro atoms. The van der Waals surface area contributed by atoms with Gasteiger partial charge in [-0.1, -0.05) is 42.0 Å². The van der Waals surface area contributed by atoms with Crippen molar-refractivity contribution in [3.05, 3.63) is 34.3 Å². The molecule has 0 aliphatic rings. The number of carbonyl (C=O) groups is 1. The van der Waals surface area contributed by atoms with E-state index in [4.69, 9.17) is 11.6 Å². The topological polar surface area (TPSA) is 66.9 Å². The molecular formula is C13H15ClN4OS. The number of amides is 1. The van der Waals surface area contributed by atoms with Gasteiger partial charge in [-0.2, -0.15) is 0 Å². The van der Waals surface area contributed by atoms with Gasteiger partial charge in [-0.05, 0) is 25.5 Å². The first-order chi connectivity index (χ1) is 9.60. The number of aryl methyl sites for hydroxylation is 1. The smallest absolute Gasteiger partial charge is 0.248 e. The molecule has 106 valence electrons. The number of nitrogens with one attached hydrogen (secondary N) is 2. The molecule has 0 saturated heterocycles. The van der Waals surface area contributed by atoms with Crippen LogP contribution in [0.15, 0.2) is 24.3 Å². The van der Waals surface area contributed by atoms with Crippen LogP contribution in [0.5, 0.6) is 0 Å². The number of carbonyl (C=O) groups excluding carboxylic acids is 1. The van der Waals surface area contributed by atoms with Crippen LogP contribution in [0.3, 0.4) is 0 Å². The van der Waals surface area contributed by atoms with Crippen LogP contribution in [-0.2, 0) is 11.2 Å². The van der Waals surface area contributed by atoms with Gasteiger partial charge in [-0.15, -0.1) is 10.2 Å². The van der Waals surface area contributed by atoms with Gasteiger partial charge in [0, 0.05) is 0 Å². The van der Waals surface area contributed by atoms with Crippen molar-refractivity contribution in [1.82, 2.24) is 10.2 Å². The zero-order chi connectivity index (χ0) is 14.5. The van der Waals surface area contributed by atoms with Crippen LogP contribution in [0.25, 0.3) is 0 Å². The van der Waals surface area contributed by atoms with E-state index >= 15 is 0 Å². The molecule has 0 fully saturated rings. The van der Waals surface area contributed by atoms with Crippen molar-refractivity contribution in [3.8, 4) is 0 Å². The van der Waals surface area contributed by atoms with Gasteiger partial charge in [-0.3, -0.25) is 10.1 Å². The SMILES string of the molecule is CCc1nnc(NC(=O)[C@@H](C)Nc2ccccc2Cl)s1. The second kappa shape index (κ2) is 6.67. The van der Waals surface area contributed by atoms with E-state index in [-0.39, 0.29) is 5.91 Å². The fourth-order valence-electron chi connectivity index (χ4n) is 1.54. The number of nitrogens with zero attached hydrogens (tertiary/aromatic N) is 2. The van der Waals surface area contributed by atoms with Gasteiger partial charge >= 0.3 is 0 Å². The molecule has 20 heavy (non-hydrogen) atoms. The van der Waals surface area contributed by atoms with Gasteiger partial charge in [0.2, 0.25) is 11.0 Å². The van der Waals surface area contributed by atoms with Crippen molar-refractivity contribution in [2.24, 2.45) is 0 Å². The molecule has 1 amide bonds. The Morgan fingerprint density at radius 1 is 1.40 bits per heavy atom. The second-order valence-electron chi connectivity index (χ2n) is 4.19. The lowest BCUT2D eigenvalue weighted by Gasteiger charge is -2.14. The molecule has 7 heteroatoms. The molecule has 0 aliphatic heterocycles. The minimum atomic E-state index is -0.427. The minimum absolute atomic E-state index is 0.177. The Morgan fingerprint density at radius 2 is 2.15 bits per heavy atom. The first-order valence-corrected chi connectivity index (χ1v) is 7.44. The third kappa shape index (κ3) is 3.68. The van der Waals surface area contributed by atoms with Crippen molar-refractivity contribution in [3.63, 3.8) is 0 Å². The highest BCUT2D eigenvalue weighted by atomic mass is 35.5. The lowest BCUT2D eigenvalue weighted by Crippen LogP contribution is -2.31. The Labute approximate surface area is 126 Å². The number of hydrogen-bond acceptors (Lipinski definition) is 5. The largest absolute Gasteiger partial charge is 0.373 e. The maximum atomic E-state index is 12.0. The predicted molar refractivity (Wildman–Crippen MR) is 82.5 cm³/mol. The van der Waals surface area contributed by atoms with Gasteiger partial charge in [-0.25, -0.2) is 0 Å². The molecule has 2 N–H and O–H groups in total. The fraction of sp³-hybridized carbons (Fsp3) is 0.308. The Morgan fingerprint density at radius 3 is 2.80 bits per heavy atom. The molecule has 1 aromatic heterocycles. The van der Waals surface area contributed by atoms with Crippen molar-refractivity contribution in [2.45, 2.75) is 26.3 Å². The van der Waals surface area contributed by atoms with E-state index in [2.05, 4.69) is 20.8 Å². The first-order valence-electron chi connectivity index (χ1n) is 6.24. The highest BCUT2D eigenvalue weighted by molar-refractivity contribution is 7.15. The van der Waals surface area contributed by atoms with Crippen molar-refractivity contribution < 1.29 is 4.79 Å². The number of halogens is 1. The average Bonchev–Trinajstić information content (AvgIpc) is 2.89. The summed E-state index contributed by atoms with van der Waals surface area (Å²) in [6, 6.07) is 6.87. The molecule has 1 atom stereocenters. The summed E-state index contributed by atoms with van der Waals surface area (Å²) in [5, 5.41) is 15.7. The number of hydrogen-bond donors (Lipinski definition) is 2.